The number of phosphoric acid groups is 2. The first-order valence-corrected chi connectivity index (χ1v) is 26.5. The number of carbonyl (C=O) groups is 2. The monoisotopic (exact) mass is 1020 g/mol. The molecule has 1 aliphatic heterocycles. The zero-order chi connectivity index (χ0) is 51.1. The molecule has 1 saturated heterocycles. The second-order valence-electron chi connectivity index (χ2n) is 16.8. The van der Waals surface area contributed by atoms with E-state index in [-0.39, 0.29) is 25.1 Å². The van der Waals surface area contributed by atoms with Crippen molar-refractivity contribution in [3.63, 3.8) is 0 Å². The van der Waals surface area contributed by atoms with Gasteiger partial charge in [0.1, 0.15) is 30.7 Å². The molecule has 0 saturated carbocycles. The minimum Gasteiger partial charge on any atom is -0.462 e. The Kier molecular flexibility index (Phi) is 30.6. The number of nitrogens with zero attached hydrogens (tertiary/aromatic N) is 2. The lowest BCUT2D eigenvalue weighted by atomic mass is 10.0. The molecule has 1 aromatic rings. The number of unbranched alkanes of at least 4 members (excludes halogenated alkanes) is 7. The van der Waals surface area contributed by atoms with E-state index < -0.39 is 95.9 Å². The molecule has 1 aromatic heterocycles. The van der Waals surface area contributed by atoms with Gasteiger partial charge in [0, 0.05) is 19.0 Å². The zero-order valence-electron chi connectivity index (χ0n) is 40.0. The van der Waals surface area contributed by atoms with Crippen LogP contribution in [-0.4, -0.2) is 108 Å². The predicted molar refractivity (Wildman–Crippen MR) is 259 cm³/mol. The van der Waals surface area contributed by atoms with E-state index >= 15 is 0 Å². The quantitative estimate of drug-likeness (QED) is 0.0120. The summed E-state index contributed by atoms with van der Waals surface area (Å²) in [6.45, 7) is 3.95. The minimum absolute atomic E-state index is 0.0787. The summed E-state index contributed by atoms with van der Waals surface area (Å²) in [6.07, 6.45) is 23.9. The molecule has 1 fully saturated rings. The first-order valence-electron chi connectivity index (χ1n) is 23.5. The number of phosphoric ester groups is 2. The van der Waals surface area contributed by atoms with E-state index in [1.807, 2.05) is 37.3 Å². The standard InChI is InChI=1S/C47H75N3O17P2/c1-4-5-17-25-37(51)26-19-13-9-7-10-14-20-27-38(52)28-21-16-23-30-43(54)65-39(33-62-42(53)29-22-15-11-6-8-12-18-24-36(2)3)34-63-68(58,59)67-69(60,61)64-35-40-44(55)45(56)46(66-40)50-32-31-41(48)49-47(50)57/h5,9-10,13-14,17,19-21,26-28,31-32,36-40,44-46,51-52,55-56H,4,6-8,11-12,15-16,18,22-25,29-30,33-35H2,1-3H3,(H,58,59)(H,60,61)(H2,48,49,57)/b13-9-,14-10-,17-5-,26-19+,27-20+,28-21-/t37-,38-,39+,40+,44+,45+,46+/m0/s1. The number of rotatable bonds is 36. The average molecular weight is 1020 g/mol. The molecule has 0 aliphatic carbocycles. The van der Waals surface area contributed by atoms with Crippen molar-refractivity contribution in [2.75, 3.05) is 25.6 Å². The SMILES string of the molecule is CC/C=C\C[C@H](O)/C=C/C=C\C/C=C\C=C\[C@H](O)/C=C\CCCC(=O)O[C@H](COC(=O)CCCCCCCCCC(C)C)COP(=O)(O)OP(=O)(O)OC[C@H]1O[C@@H](n2ccc(N)nc2=O)[C@H](O)[C@@H]1O. The highest BCUT2D eigenvalue weighted by Gasteiger charge is 2.46. The molecule has 22 heteroatoms. The Morgan fingerprint density at radius 1 is 0.826 bits per heavy atom. The van der Waals surface area contributed by atoms with Gasteiger partial charge in [-0.1, -0.05) is 139 Å². The van der Waals surface area contributed by atoms with Gasteiger partial charge in [0.25, 0.3) is 0 Å². The summed E-state index contributed by atoms with van der Waals surface area (Å²) in [7, 11) is -10.9. The smallest absolute Gasteiger partial charge is 0.462 e. The van der Waals surface area contributed by atoms with Gasteiger partial charge in [-0.25, -0.2) is 13.9 Å². The van der Waals surface area contributed by atoms with Crippen LogP contribution in [0.2, 0.25) is 0 Å². The van der Waals surface area contributed by atoms with Gasteiger partial charge < -0.3 is 50.2 Å². The number of hydrogen-bond donors (Lipinski definition) is 7. The second-order valence-corrected chi connectivity index (χ2v) is 19.8. The highest BCUT2D eigenvalue weighted by molar-refractivity contribution is 7.61. The molecule has 2 rings (SSSR count). The Hall–Kier alpha value is -3.88. The molecule has 0 radical (unpaired) electrons. The van der Waals surface area contributed by atoms with E-state index in [9.17, 15) is 53.7 Å². The summed E-state index contributed by atoms with van der Waals surface area (Å²) in [5, 5.41) is 41.0. The summed E-state index contributed by atoms with van der Waals surface area (Å²) in [5.41, 5.74) is 4.55. The lowest BCUT2D eigenvalue weighted by molar-refractivity contribution is -0.161. The lowest BCUT2D eigenvalue weighted by Crippen LogP contribution is -2.36. The predicted octanol–water partition coefficient (Wildman–Crippen LogP) is 6.74. The van der Waals surface area contributed by atoms with Gasteiger partial charge >= 0.3 is 33.3 Å². The first-order chi connectivity index (χ1) is 32.8. The molecule has 8 N–H and O–H groups in total. The van der Waals surface area contributed by atoms with Crippen LogP contribution in [0.25, 0.3) is 0 Å². The molecule has 9 atom stereocenters. The second kappa shape index (κ2) is 34.4. The minimum atomic E-state index is -5.47. The van der Waals surface area contributed by atoms with E-state index in [2.05, 4.69) is 23.1 Å². The summed E-state index contributed by atoms with van der Waals surface area (Å²) in [5.74, 6) is -0.826. The fraction of sp³-hybridized carbons (Fsp3) is 0.617. The number of ether oxygens (including phenoxy) is 3. The van der Waals surface area contributed by atoms with Crippen molar-refractivity contribution >= 4 is 33.4 Å². The molecule has 0 spiro atoms. The van der Waals surface area contributed by atoms with Crippen molar-refractivity contribution in [2.24, 2.45) is 5.92 Å². The topological polar surface area (TPSA) is 306 Å². The van der Waals surface area contributed by atoms with Crippen molar-refractivity contribution in [3.05, 3.63) is 95.7 Å². The van der Waals surface area contributed by atoms with Crippen molar-refractivity contribution in [1.29, 1.82) is 0 Å². The number of esters is 2. The number of aromatic nitrogens is 2. The Bertz CT molecular complexity index is 1990. The number of allylic oxidation sites excluding steroid dienone is 8. The van der Waals surface area contributed by atoms with Gasteiger partial charge in [0.05, 0.1) is 25.4 Å². The highest BCUT2D eigenvalue weighted by Crippen LogP contribution is 2.60. The highest BCUT2D eigenvalue weighted by atomic mass is 31.3. The van der Waals surface area contributed by atoms with E-state index in [0.29, 0.717) is 31.6 Å². The number of aliphatic hydroxyl groups is 4. The van der Waals surface area contributed by atoms with Crippen molar-refractivity contribution < 1.29 is 76.5 Å². The third-order valence-electron chi connectivity index (χ3n) is 10.2. The average Bonchev–Trinajstić information content (AvgIpc) is 3.56. The van der Waals surface area contributed by atoms with Crippen LogP contribution in [0.4, 0.5) is 5.82 Å². The number of anilines is 1. The van der Waals surface area contributed by atoms with Crippen LogP contribution in [0.15, 0.2) is 90.0 Å². The largest absolute Gasteiger partial charge is 0.481 e. The molecule has 0 bridgehead atoms. The van der Waals surface area contributed by atoms with Gasteiger partial charge in [0.2, 0.25) is 0 Å². The van der Waals surface area contributed by atoms with E-state index in [1.54, 1.807) is 42.5 Å². The summed E-state index contributed by atoms with van der Waals surface area (Å²) >= 11 is 0. The molecular formula is C47H75N3O17P2. The van der Waals surface area contributed by atoms with Crippen LogP contribution >= 0.6 is 15.6 Å². The molecule has 0 amide bonds. The van der Waals surface area contributed by atoms with Gasteiger partial charge in [-0.15, -0.1) is 0 Å². The Morgan fingerprint density at radius 2 is 1.48 bits per heavy atom. The fourth-order valence-corrected chi connectivity index (χ4v) is 8.58. The fourth-order valence-electron chi connectivity index (χ4n) is 6.47. The van der Waals surface area contributed by atoms with Crippen LogP contribution < -0.4 is 11.4 Å². The third-order valence-corrected chi connectivity index (χ3v) is 12.8. The van der Waals surface area contributed by atoms with Crippen LogP contribution in [0.5, 0.6) is 0 Å². The number of aliphatic hydroxyl groups excluding tert-OH is 4. The van der Waals surface area contributed by atoms with E-state index in [4.69, 9.17) is 29.0 Å². The molecule has 390 valence electrons. The Morgan fingerprint density at radius 3 is 2.16 bits per heavy atom. The summed E-state index contributed by atoms with van der Waals surface area (Å²) in [6, 6.07) is 1.23. The van der Waals surface area contributed by atoms with Crippen LogP contribution in [0, 0.1) is 5.92 Å². The Balaban J connectivity index is 1.89. The normalized spacial score (nSPS) is 21.0. The van der Waals surface area contributed by atoms with Crippen LogP contribution in [-0.2, 0) is 46.3 Å². The van der Waals surface area contributed by atoms with Crippen molar-refractivity contribution in [2.45, 2.75) is 160 Å². The number of carbonyl (C=O) groups excluding carboxylic acids is 2. The van der Waals surface area contributed by atoms with Gasteiger partial charge in [-0.05, 0) is 50.5 Å². The maximum Gasteiger partial charge on any atom is 0.481 e. The first kappa shape index (κ1) is 61.2. The maximum absolute atomic E-state index is 12.8. The van der Waals surface area contributed by atoms with Crippen molar-refractivity contribution in [1.82, 2.24) is 9.55 Å². The molecule has 20 nitrogen and oxygen atoms in total. The zero-order valence-corrected chi connectivity index (χ0v) is 41.8. The molecule has 1 aliphatic rings. The lowest BCUT2D eigenvalue weighted by Gasteiger charge is -2.21. The van der Waals surface area contributed by atoms with Gasteiger partial charge in [-0.3, -0.25) is 23.2 Å². The number of hydrogen-bond acceptors (Lipinski definition) is 17. The van der Waals surface area contributed by atoms with Gasteiger partial charge in [-0.2, -0.15) is 9.29 Å². The van der Waals surface area contributed by atoms with Gasteiger partial charge in [0.15, 0.2) is 12.3 Å². The van der Waals surface area contributed by atoms with Crippen LogP contribution in [0.3, 0.4) is 0 Å². The van der Waals surface area contributed by atoms with E-state index in [1.165, 1.54) is 18.9 Å². The molecule has 2 unspecified atom stereocenters. The summed E-state index contributed by atoms with van der Waals surface area (Å²) < 4.78 is 56.4. The molecule has 2 heterocycles. The Labute approximate surface area is 405 Å². The number of nitrogen functional groups attached to an aromatic ring is 1. The molecule has 0 aromatic carbocycles. The summed E-state index contributed by atoms with van der Waals surface area (Å²) in [4.78, 5) is 61.7. The van der Waals surface area contributed by atoms with Crippen molar-refractivity contribution in [3.8, 4) is 0 Å². The number of nitrogens with two attached hydrogens (primary N) is 1. The molecule has 69 heavy (non-hydrogen) atoms. The molecular weight excluding hydrogens is 940 g/mol. The maximum atomic E-state index is 12.8. The van der Waals surface area contributed by atoms with Crippen LogP contribution in [0.1, 0.15) is 123 Å². The third kappa shape index (κ3) is 28.5. The van der Waals surface area contributed by atoms with E-state index in [0.717, 1.165) is 49.3 Å².